The number of hydrogen-bond acceptors (Lipinski definition) is 7. The maximum absolute atomic E-state index is 13.8. The van der Waals surface area contributed by atoms with Crippen LogP contribution in [0.3, 0.4) is 0 Å². The van der Waals surface area contributed by atoms with Crippen molar-refractivity contribution in [3.05, 3.63) is 68.5 Å². The number of aryl methyl sites for hydroxylation is 1. The summed E-state index contributed by atoms with van der Waals surface area (Å²) < 4.78 is 48.8. The van der Waals surface area contributed by atoms with E-state index in [9.17, 15) is 33.1 Å². The van der Waals surface area contributed by atoms with Crippen LogP contribution in [0.4, 0.5) is 8.78 Å². The summed E-state index contributed by atoms with van der Waals surface area (Å²) in [5.74, 6) is -1.61. The minimum Gasteiger partial charge on any atom is -0.387 e. The molecule has 0 saturated carbocycles. The number of benzene rings is 1. The first-order chi connectivity index (χ1) is 14.5. The Kier molecular flexibility index (Phi) is 6.86. The molecule has 1 aromatic heterocycles. The molecule has 1 aliphatic heterocycles. The Morgan fingerprint density at radius 2 is 1.84 bits per heavy atom. The van der Waals surface area contributed by atoms with Crippen molar-refractivity contribution in [3.63, 3.8) is 0 Å². The maximum Gasteiger partial charge on any atom is 0.469 e. The lowest BCUT2D eigenvalue weighted by Crippen LogP contribution is -2.43. The molecule has 14 heteroatoms. The van der Waals surface area contributed by atoms with Crippen molar-refractivity contribution in [2.24, 2.45) is 0 Å². The Morgan fingerprint density at radius 3 is 2.48 bits per heavy atom. The topological polar surface area (TPSA) is 160 Å². The quantitative estimate of drug-likeness (QED) is 0.387. The molecule has 0 spiro atoms. The zero-order chi connectivity index (χ0) is 22.9. The van der Waals surface area contributed by atoms with E-state index in [-0.39, 0.29) is 18.5 Å². The molecule has 0 amide bonds. The third kappa shape index (κ3) is 5.33. The first-order valence-corrected chi connectivity index (χ1v) is 10.5. The summed E-state index contributed by atoms with van der Waals surface area (Å²) in [6.45, 7) is -1.03. The van der Waals surface area contributed by atoms with Crippen molar-refractivity contribution in [2.75, 3.05) is 6.61 Å². The largest absolute Gasteiger partial charge is 0.469 e. The van der Waals surface area contributed by atoms with E-state index in [0.717, 1.165) is 27.5 Å². The molecule has 0 unspecified atom stereocenters. The van der Waals surface area contributed by atoms with Gasteiger partial charge in [-0.3, -0.25) is 18.5 Å². The lowest BCUT2D eigenvalue weighted by atomic mass is 10.1. The van der Waals surface area contributed by atoms with Gasteiger partial charge in [-0.05, 0) is 18.1 Å². The van der Waals surface area contributed by atoms with Crippen LogP contribution >= 0.6 is 7.82 Å². The van der Waals surface area contributed by atoms with Crippen LogP contribution in [0.1, 0.15) is 11.8 Å². The van der Waals surface area contributed by atoms with Crippen molar-refractivity contribution in [3.8, 4) is 0 Å². The van der Waals surface area contributed by atoms with E-state index in [1.54, 1.807) is 0 Å². The molecular weight excluding hydrogens is 445 g/mol. The van der Waals surface area contributed by atoms with E-state index in [0.29, 0.717) is 6.07 Å². The smallest absolute Gasteiger partial charge is 0.387 e. The molecule has 1 aromatic carbocycles. The number of phosphoric acid groups is 1. The lowest BCUT2D eigenvalue weighted by Gasteiger charge is -2.19. The van der Waals surface area contributed by atoms with E-state index in [2.05, 4.69) is 4.52 Å². The molecule has 2 aromatic rings. The van der Waals surface area contributed by atoms with Gasteiger partial charge in [0.05, 0.1) is 6.61 Å². The molecule has 1 aliphatic rings. The summed E-state index contributed by atoms with van der Waals surface area (Å²) in [6, 6.07) is 3.88. The fourth-order valence-electron chi connectivity index (χ4n) is 3.15. The number of phosphoric ester groups is 1. The molecular formula is C17H19F2N2O9P. The van der Waals surface area contributed by atoms with Crippen LogP contribution in [0.5, 0.6) is 0 Å². The van der Waals surface area contributed by atoms with Gasteiger partial charge in [0.2, 0.25) is 0 Å². The Morgan fingerprint density at radius 1 is 1.13 bits per heavy atom. The SMILES string of the molecule is O=c1ccn([C@@H]2O[C@H](COP(=O)(O)O)[C@H](O)[C@@H]2O)c(=O)n1CCc1ccc(F)cc1F. The minimum absolute atomic E-state index is 0.0744. The molecule has 31 heavy (non-hydrogen) atoms. The predicted octanol–water partition coefficient (Wildman–Crippen LogP) is -0.741. The highest BCUT2D eigenvalue weighted by molar-refractivity contribution is 7.46. The molecule has 1 fully saturated rings. The Bertz CT molecular complexity index is 1120. The standard InChI is InChI=1S/C17H19F2N2O9P/c18-10-2-1-9(11(19)7-10)3-5-20-13(22)4-6-21(17(20)25)16-15(24)14(23)12(30-16)8-29-31(26,27)28/h1-2,4,6-7,12,14-16,23-24H,3,5,8H2,(H2,26,27,28)/t12-,14+,15+,16-/m1/s1. The van der Waals surface area contributed by atoms with E-state index in [1.807, 2.05) is 0 Å². The maximum atomic E-state index is 13.8. The molecule has 0 bridgehead atoms. The monoisotopic (exact) mass is 464 g/mol. The first kappa shape index (κ1) is 23.4. The zero-order valence-corrected chi connectivity index (χ0v) is 16.6. The fraction of sp³-hybridized carbons (Fsp3) is 0.412. The van der Waals surface area contributed by atoms with Crippen molar-refractivity contribution in [1.29, 1.82) is 0 Å². The molecule has 11 nitrogen and oxygen atoms in total. The van der Waals surface area contributed by atoms with Crippen molar-refractivity contribution in [2.45, 2.75) is 37.5 Å². The normalized spacial score (nSPS) is 23.9. The van der Waals surface area contributed by atoms with Gasteiger partial charge in [0.15, 0.2) is 6.23 Å². The van der Waals surface area contributed by atoms with Crippen LogP contribution in [0, 0.1) is 11.6 Å². The number of rotatable bonds is 7. The Balaban J connectivity index is 1.82. The third-order valence-corrected chi connectivity index (χ3v) is 5.22. The van der Waals surface area contributed by atoms with Gasteiger partial charge in [0.1, 0.15) is 29.9 Å². The molecule has 0 radical (unpaired) electrons. The number of aliphatic hydroxyl groups excluding tert-OH is 2. The number of ether oxygens (including phenoxy) is 1. The van der Waals surface area contributed by atoms with Crippen LogP contribution in [0.25, 0.3) is 0 Å². The first-order valence-electron chi connectivity index (χ1n) is 8.95. The second-order valence-electron chi connectivity index (χ2n) is 6.81. The molecule has 4 atom stereocenters. The van der Waals surface area contributed by atoms with E-state index >= 15 is 0 Å². The second kappa shape index (κ2) is 9.09. The average Bonchev–Trinajstić information content (AvgIpc) is 2.95. The van der Waals surface area contributed by atoms with Gasteiger partial charge in [-0.25, -0.2) is 18.1 Å². The number of aliphatic hydroxyl groups is 2. The van der Waals surface area contributed by atoms with Gasteiger partial charge in [0, 0.05) is 24.9 Å². The van der Waals surface area contributed by atoms with Crippen LogP contribution in [-0.2, 0) is 26.8 Å². The summed E-state index contributed by atoms with van der Waals surface area (Å²) in [7, 11) is -4.87. The summed E-state index contributed by atoms with van der Waals surface area (Å²) >= 11 is 0. The van der Waals surface area contributed by atoms with Crippen LogP contribution in [0.2, 0.25) is 0 Å². The van der Waals surface area contributed by atoms with Crippen LogP contribution < -0.4 is 11.2 Å². The Hall–Kier alpha value is -2.25. The molecule has 170 valence electrons. The van der Waals surface area contributed by atoms with Gasteiger partial charge in [-0.15, -0.1) is 0 Å². The van der Waals surface area contributed by atoms with E-state index in [1.165, 1.54) is 6.07 Å². The summed E-state index contributed by atoms with van der Waals surface area (Å²) in [5.41, 5.74) is -1.59. The fourth-order valence-corrected chi connectivity index (χ4v) is 3.50. The highest BCUT2D eigenvalue weighted by Crippen LogP contribution is 2.38. The number of aromatic nitrogens is 2. The molecule has 1 saturated heterocycles. The molecule has 0 aliphatic carbocycles. The molecule has 2 heterocycles. The highest BCUT2D eigenvalue weighted by Gasteiger charge is 2.45. The molecule has 3 rings (SSSR count). The lowest BCUT2D eigenvalue weighted by molar-refractivity contribution is -0.0548. The minimum atomic E-state index is -4.87. The van der Waals surface area contributed by atoms with Crippen LogP contribution in [-0.4, -0.2) is 54.1 Å². The number of halogens is 2. The predicted molar refractivity (Wildman–Crippen MR) is 98.9 cm³/mol. The van der Waals surface area contributed by atoms with Gasteiger partial charge >= 0.3 is 13.5 Å². The van der Waals surface area contributed by atoms with E-state index < -0.39 is 61.9 Å². The van der Waals surface area contributed by atoms with Gasteiger partial charge in [-0.2, -0.15) is 0 Å². The summed E-state index contributed by atoms with van der Waals surface area (Å²) in [4.78, 5) is 42.4. The van der Waals surface area contributed by atoms with Gasteiger partial charge in [0.25, 0.3) is 5.56 Å². The van der Waals surface area contributed by atoms with Crippen molar-refractivity contribution >= 4 is 7.82 Å². The van der Waals surface area contributed by atoms with Gasteiger partial charge in [-0.1, -0.05) is 6.07 Å². The average molecular weight is 464 g/mol. The second-order valence-corrected chi connectivity index (χ2v) is 8.05. The summed E-state index contributed by atoms with van der Waals surface area (Å²) in [5, 5.41) is 20.3. The van der Waals surface area contributed by atoms with Crippen LogP contribution in [0.15, 0.2) is 40.1 Å². The zero-order valence-electron chi connectivity index (χ0n) is 15.7. The van der Waals surface area contributed by atoms with Crippen molar-refractivity contribution in [1.82, 2.24) is 9.13 Å². The highest BCUT2D eigenvalue weighted by atomic mass is 31.2. The number of hydrogen-bond donors (Lipinski definition) is 4. The van der Waals surface area contributed by atoms with Gasteiger partial charge < -0.3 is 24.7 Å². The van der Waals surface area contributed by atoms with E-state index in [4.69, 9.17) is 14.5 Å². The van der Waals surface area contributed by atoms with Crippen molar-refractivity contribution < 1.29 is 42.6 Å². The number of nitrogens with zero attached hydrogens (tertiary/aromatic N) is 2. The molecule has 4 N–H and O–H groups in total. The Labute approximate surface area is 173 Å². The summed E-state index contributed by atoms with van der Waals surface area (Å²) in [6.07, 6.45) is -5.26. The third-order valence-electron chi connectivity index (χ3n) is 4.73.